The number of hydrogen-bond donors (Lipinski definition) is 1. The van der Waals surface area contributed by atoms with Crippen LogP contribution < -0.4 is 10.1 Å². The number of nitrogens with one attached hydrogen (secondary N) is 1. The van der Waals surface area contributed by atoms with Gasteiger partial charge in [0, 0.05) is 30.8 Å². The van der Waals surface area contributed by atoms with Crippen molar-refractivity contribution in [3.05, 3.63) is 94.3 Å². The molecule has 3 aromatic rings. The zero-order valence-electron chi connectivity index (χ0n) is 19.5. The number of nitrogens with zero attached hydrogens (tertiary/aromatic N) is 1. The van der Waals surface area contributed by atoms with Crippen LogP contribution in [0.5, 0.6) is 5.75 Å². The molecule has 3 aromatic carbocycles. The van der Waals surface area contributed by atoms with Crippen LogP contribution in [0.25, 0.3) is 0 Å². The van der Waals surface area contributed by atoms with Gasteiger partial charge in [-0.1, -0.05) is 35.9 Å². The van der Waals surface area contributed by atoms with Gasteiger partial charge in [-0.15, -0.1) is 0 Å². The highest BCUT2D eigenvalue weighted by Crippen LogP contribution is 2.24. The fraction of sp³-hybridized carbons (Fsp3) is 0.296. The molecule has 0 unspecified atom stereocenters. The first kappa shape index (κ1) is 24.6. The average molecular weight is 469 g/mol. The van der Waals surface area contributed by atoms with E-state index in [0.29, 0.717) is 35.8 Å². The lowest BCUT2D eigenvalue weighted by atomic mass is 10.1. The van der Waals surface area contributed by atoms with Crippen molar-refractivity contribution in [1.82, 2.24) is 4.90 Å². The third-order valence-corrected chi connectivity index (χ3v) is 5.31. The van der Waals surface area contributed by atoms with Gasteiger partial charge in [0.1, 0.15) is 17.2 Å². The first-order valence-corrected chi connectivity index (χ1v) is 11.3. The number of benzene rings is 3. The van der Waals surface area contributed by atoms with Crippen LogP contribution in [0.4, 0.5) is 10.1 Å². The molecule has 0 bridgehead atoms. The summed E-state index contributed by atoms with van der Waals surface area (Å²) in [5, 5.41) is 3.57. The number of halogens is 2. The van der Waals surface area contributed by atoms with Gasteiger partial charge in [-0.25, -0.2) is 4.39 Å². The van der Waals surface area contributed by atoms with Crippen molar-refractivity contribution in [3.63, 3.8) is 0 Å². The lowest BCUT2D eigenvalue weighted by Gasteiger charge is -2.25. The second-order valence-electron chi connectivity index (χ2n) is 8.90. The Bertz CT molecular complexity index is 1080. The highest BCUT2D eigenvalue weighted by Gasteiger charge is 2.20. The normalized spacial score (nSPS) is 11.2. The van der Waals surface area contributed by atoms with Gasteiger partial charge in [0.25, 0.3) is 5.91 Å². The monoisotopic (exact) mass is 468 g/mol. The van der Waals surface area contributed by atoms with E-state index in [1.807, 2.05) is 45.0 Å². The molecule has 0 aliphatic heterocycles. The summed E-state index contributed by atoms with van der Waals surface area (Å²) >= 11 is 6.19. The molecule has 6 heteroatoms. The molecule has 1 amide bonds. The van der Waals surface area contributed by atoms with Crippen LogP contribution in [0.2, 0.25) is 5.02 Å². The molecular formula is C27H30ClFN2O2. The predicted molar refractivity (Wildman–Crippen MR) is 133 cm³/mol. The van der Waals surface area contributed by atoms with Crippen LogP contribution in [0.1, 0.15) is 42.3 Å². The summed E-state index contributed by atoms with van der Waals surface area (Å²) in [5.74, 6) is 0.378. The smallest absolute Gasteiger partial charge is 0.256 e. The molecule has 0 aliphatic carbocycles. The Kier molecular flexibility index (Phi) is 7.98. The van der Waals surface area contributed by atoms with Gasteiger partial charge >= 0.3 is 0 Å². The maximum absolute atomic E-state index is 13.6. The van der Waals surface area contributed by atoms with Crippen LogP contribution >= 0.6 is 11.6 Å². The highest BCUT2D eigenvalue weighted by atomic mass is 35.5. The lowest BCUT2D eigenvalue weighted by molar-refractivity contribution is 0.0746. The van der Waals surface area contributed by atoms with Gasteiger partial charge in [-0.05, 0) is 80.8 Å². The minimum Gasteiger partial charge on any atom is -0.488 e. The molecule has 0 heterocycles. The largest absolute Gasteiger partial charge is 0.488 e. The third-order valence-electron chi connectivity index (χ3n) is 5.07. The van der Waals surface area contributed by atoms with E-state index in [0.717, 1.165) is 16.9 Å². The van der Waals surface area contributed by atoms with E-state index < -0.39 is 0 Å². The fourth-order valence-electron chi connectivity index (χ4n) is 3.49. The topological polar surface area (TPSA) is 41.6 Å². The van der Waals surface area contributed by atoms with E-state index in [1.54, 1.807) is 42.3 Å². The number of rotatable bonds is 8. The van der Waals surface area contributed by atoms with E-state index in [2.05, 4.69) is 5.32 Å². The van der Waals surface area contributed by atoms with E-state index >= 15 is 0 Å². The number of anilines is 1. The number of hydrogen-bond acceptors (Lipinski definition) is 3. The highest BCUT2D eigenvalue weighted by molar-refractivity contribution is 6.31. The number of carbonyl (C=O) groups is 1. The first-order chi connectivity index (χ1) is 15.6. The van der Waals surface area contributed by atoms with Crippen LogP contribution in [0.15, 0.2) is 66.7 Å². The van der Waals surface area contributed by atoms with E-state index in [-0.39, 0.29) is 17.3 Å². The number of carbonyl (C=O) groups excluding carboxylic acids is 1. The zero-order valence-corrected chi connectivity index (χ0v) is 20.2. The minimum atomic E-state index is -0.283. The summed E-state index contributed by atoms with van der Waals surface area (Å²) in [5.41, 5.74) is 2.89. The molecule has 0 radical (unpaired) electrons. The maximum Gasteiger partial charge on any atom is 0.256 e. The molecule has 174 valence electrons. The molecule has 0 fully saturated rings. The molecule has 33 heavy (non-hydrogen) atoms. The van der Waals surface area contributed by atoms with Crippen molar-refractivity contribution in [2.24, 2.45) is 0 Å². The van der Waals surface area contributed by atoms with Gasteiger partial charge in [0.15, 0.2) is 0 Å². The Morgan fingerprint density at radius 3 is 2.24 bits per heavy atom. The van der Waals surface area contributed by atoms with E-state index in [1.165, 1.54) is 12.1 Å². The zero-order chi connectivity index (χ0) is 24.0. The van der Waals surface area contributed by atoms with Gasteiger partial charge < -0.3 is 15.0 Å². The molecule has 0 saturated carbocycles. The number of ether oxygens (including phenoxy) is 1. The number of amides is 1. The minimum absolute atomic E-state index is 0.126. The fourth-order valence-corrected chi connectivity index (χ4v) is 3.66. The molecule has 4 nitrogen and oxygen atoms in total. The van der Waals surface area contributed by atoms with Gasteiger partial charge in [0.05, 0.1) is 5.56 Å². The third kappa shape index (κ3) is 7.22. The van der Waals surface area contributed by atoms with Crippen LogP contribution in [0, 0.1) is 5.82 Å². The van der Waals surface area contributed by atoms with E-state index in [9.17, 15) is 9.18 Å². The second kappa shape index (κ2) is 10.7. The average Bonchev–Trinajstić information content (AvgIpc) is 2.77. The molecule has 0 aromatic heterocycles. The summed E-state index contributed by atoms with van der Waals surface area (Å²) < 4.78 is 19.2. The summed E-state index contributed by atoms with van der Waals surface area (Å²) in [4.78, 5) is 15.3. The Morgan fingerprint density at radius 1 is 1.00 bits per heavy atom. The molecule has 0 aliphatic rings. The van der Waals surface area contributed by atoms with Gasteiger partial charge in [0.2, 0.25) is 0 Å². The standard InChI is InChI=1S/C27H30ClFN2O2/c1-27(2,3)33-23-12-7-20(8-13-23)18-31(16-15-19-5-10-22(29)11-6-19)26(32)24-17-21(28)9-14-25(24)30-4/h5-14,17,30H,15-16,18H2,1-4H3. The Labute approximate surface area is 200 Å². The Hall–Kier alpha value is -3.05. The molecule has 0 saturated heterocycles. The van der Waals surface area contributed by atoms with Crippen LogP contribution in [-0.4, -0.2) is 30.0 Å². The van der Waals surface area contributed by atoms with Crippen molar-refractivity contribution in [3.8, 4) is 5.75 Å². The summed E-state index contributed by atoms with van der Waals surface area (Å²) in [6.45, 7) is 6.90. The molecular weight excluding hydrogens is 439 g/mol. The van der Waals surface area contributed by atoms with Crippen molar-refractivity contribution in [2.45, 2.75) is 39.3 Å². The predicted octanol–water partition coefficient (Wildman–Crippen LogP) is 6.58. The van der Waals surface area contributed by atoms with Crippen LogP contribution in [-0.2, 0) is 13.0 Å². The van der Waals surface area contributed by atoms with Crippen molar-refractivity contribution in [2.75, 3.05) is 18.9 Å². The Morgan fingerprint density at radius 2 is 1.64 bits per heavy atom. The second-order valence-corrected chi connectivity index (χ2v) is 9.34. The van der Waals surface area contributed by atoms with Crippen molar-refractivity contribution in [1.29, 1.82) is 0 Å². The first-order valence-electron chi connectivity index (χ1n) is 10.9. The van der Waals surface area contributed by atoms with Crippen LogP contribution in [0.3, 0.4) is 0 Å². The SMILES string of the molecule is CNc1ccc(Cl)cc1C(=O)N(CCc1ccc(F)cc1)Cc1ccc(OC(C)(C)C)cc1. The lowest BCUT2D eigenvalue weighted by Crippen LogP contribution is -2.33. The van der Waals surface area contributed by atoms with Gasteiger partial charge in [-0.2, -0.15) is 0 Å². The maximum atomic E-state index is 13.6. The van der Waals surface area contributed by atoms with Crippen molar-refractivity contribution < 1.29 is 13.9 Å². The molecule has 1 N–H and O–H groups in total. The van der Waals surface area contributed by atoms with Crippen molar-refractivity contribution >= 4 is 23.2 Å². The molecule has 3 rings (SSSR count). The summed E-state index contributed by atoms with van der Waals surface area (Å²) in [6, 6.07) is 19.4. The quantitative estimate of drug-likeness (QED) is 0.405. The molecule has 0 spiro atoms. The summed E-state index contributed by atoms with van der Waals surface area (Å²) in [6.07, 6.45) is 0.604. The summed E-state index contributed by atoms with van der Waals surface area (Å²) in [7, 11) is 1.77. The Balaban J connectivity index is 1.84. The molecule has 0 atom stereocenters. The van der Waals surface area contributed by atoms with Gasteiger partial charge in [-0.3, -0.25) is 4.79 Å². The van der Waals surface area contributed by atoms with E-state index in [4.69, 9.17) is 16.3 Å².